The molecule has 4 rings (SSSR count). The van der Waals surface area contributed by atoms with E-state index in [9.17, 15) is 9.59 Å². The highest BCUT2D eigenvalue weighted by Crippen LogP contribution is 2.36. The molecule has 0 N–H and O–H groups in total. The molecule has 1 unspecified atom stereocenters. The normalized spacial score (nSPS) is 15.1. The van der Waals surface area contributed by atoms with Crippen molar-refractivity contribution in [3.63, 3.8) is 0 Å². The molecule has 160 valence electrons. The number of morpholine rings is 1. The molecule has 0 spiro atoms. The first-order valence-electron chi connectivity index (χ1n) is 9.97. The SMILES string of the molecule is C=CCn1c(SC(C(=O)N2CCOCC2)c2ccccc2)nc2cc(Cl)ccc2c1=O. The Morgan fingerprint density at radius 1 is 1.23 bits per heavy atom. The van der Waals surface area contributed by atoms with Gasteiger partial charge in [-0.1, -0.05) is 59.8 Å². The van der Waals surface area contributed by atoms with Crippen LogP contribution in [0.25, 0.3) is 10.9 Å². The molecule has 1 aliphatic heterocycles. The van der Waals surface area contributed by atoms with Crippen molar-refractivity contribution in [1.29, 1.82) is 0 Å². The standard InChI is InChI=1S/C23H22ClN3O3S/c1-2-10-27-21(28)18-9-8-17(24)15-19(18)25-23(27)31-20(16-6-4-3-5-7-16)22(29)26-11-13-30-14-12-26/h2-9,15,20H,1,10-14H2. The van der Waals surface area contributed by atoms with Crippen LogP contribution in [0.5, 0.6) is 0 Å². The smallest absolute Gasteiger partial charge is 0.262 e. The summed E-state index contributed by atoms with van der Waals surface area (Å²) >= 11 is 7.41. The van der Waals surface area contributed by atoms with Crippen molar-refractivity contribution in [2.75, 3.05) is 26.3 Å². The summed E-state index contributed by atoms with van der Waals surface area (Å²) in [6.07, 6.45) is 1.65. The number of ether oxygens (including phenoxy) is 1. The third-order valence-electron chi connectivity index (χ3n) is 5.07. The molecule has 2 heterocycles. The lowest BCUT2D eigenvalue weighted by Crippen LogP contribution is -2.42. The Balaban J connectivity index is 1.80. The van der Waals surface area contributed by atoms with Gasteiger partial charge in [-0.05, 0) is 23.8 Å². The Kier molecular flexibility index (Phi) is 6.75. The minimum atomic E-state index is -0.543. The third kappa shape index (κ3) is 4.69. The zero-order valence-electron chi connectivity index (χ0n) is 16.9. The van der Waals surface area contributed by atoms with Crippen molar-refractivity contribution >= 4 is 40.2 Å². The first-order chi connectivity index (χ1) is 15.1. The summed E-state index contributed by atoms with van der Waals surface area (Å²) in [6.45, 7) is 6.19. The topological polar surface area (TPSA) is 64.4 Å². The zero-order valence-corrected chi connectivity index (χ0v) is 18.4. The summed E-state index contributed by atoms with van der Waals surface area (Å²) in [5, 5.41) is 0.890. The fraction of sp³-hybridized carbons (Fsp3) is 0.261. The molecule has 1 aromatic heterocycles. The van der Waals surface area contributed by atoms with Crippen LogP contribution < -0.4 is 5.56 Å². The molecule has 3 aromatic rings. The molecule has 6 nitrogen and oxygen atoms in total. The van der Waals surface area contributed by atoms with Crippen molar-refractivity contribution in [3.05, 3.63) is 82.1 Å². The Bertz CT molecular complexity index is 1160. The van der Waals surface area contributed by atoms with Crippen LogP contribution in [0.1, 0.15) is 10.8 Å². The molecule has 0 bridgehead atoms. The fourth-order valence-electron chi connectivity index (χ4n) is 3.50. The Morgan fingerprint density at radius 3 is 2.68 bits per heavy atom. The van der Waals surface area contributed by atoms with Crippen LogP contribution in [-0.4, -0.2) is 46.7 Å². The maximum Gasteiger partial charge on any atom is 0.262 e. The van der Waals surface area contributed by atoms with Gasteiger partial charge in [0.05, 0.1) is 24.1 Å². The van der Waals surface area contributed by atoms with Crippen LogP contribution in [0.15, 0.2) is 71.1 Å². The van der Waals surface area contributed by atoms with E-state index >= 15 is 0 Å². The van der Waals surface area contributed by atoms with E-state index in [1.165, 1.54) is 11.8 Å². The van der Waals surface area contributed by atoms with Gasteiger partial charge < -0.3 is 9.64 Å². The number of rotatable bonds is 6. The van der Waals surface area contributed by atoms with Gasteiger partial charge in [0.15, 0.2) is 5.16 Å². The minimum Gasteiger partial charge on any atom is -0.378 e. The second kappa shape index (κ2) is 9.68. The van der Waals surface area contributed by atoms with Gasteiger partial charge in [0, 0.05) is 24.7 Å². The average Bonchev–Trinajstić information content (AvgIpc) is 2.80. The molecule has 1 saturated heterocycles. The van der Waals surface area contributed by atoms with Crippen LogP contribution in [0, 0.1) is 0 Å². The molecule has 2 aromatic carbocycles. The number of hydrogen-bond acceptors (Lipinski definition) is 5. The van der Waals surface area contributed by atoms with Gasteiger partial charge >= 0.3 is 0 Å². The van der Waals surface area contributed by atoms with Crippen molar-refractivity contribution < 1.29 is 9.53 Å². The zero-order chi connectivity index (χ0) is 21.8. The predicted molar refractivity (Wildman–Crippen MR) is 124 cm³/mol. The number of benzene rings is 2. The van der Waals surface area contributed by atoms with E-state index in [0.29, 0.717) is 53.9 Å². The number of thioether (sulfide) groups is 1. The van der Waals surface area contributed by atoms with Crippen molar-refractivity contribution in [3.8, 4) is 0 Å². The molecule has 31 heavy (non-hydrogen) atoms. The number of amides is 1. The number of halogens is 1. The molecule has 8 heteroatoms. The largest absolute Gasteiger partial charge is 0.378 e. The predicted octanol–water partition coefficient (Wildman–Crippen LogP) is 3.93. The summed E-state index contributed by atoms with van der Waals surface area (Å²) in [6, 6.07) is 14.6. The molecule has 1 aliphatic rings. The van der Waals surface area contributed by atoms with Gasteiger partial charge in [0.2, 0.25) is 5.91 Å². The van der Waals surface area contributed by atoms with E-state index in [0.717, 1.165) is 5.56 Å². The first-order valence-corrected chi connectivity index (χ1v) is 11.2. The van der Waals surface area contributed by atoms with Gasteiger partial charge in [0.25, 0.3) is 5.56 Å². The van der Waals surface area contributed by atoms with Crippen molar-refractivity contribution in [1.82, 2.24) is 14.5 Å². The Hall–Kier alpha value is -2.61. The molecule has 0 saturated carbocycles. The number of carbonyl (C=O) groups is 1. The van der Waals surface area contributed by atoms with Gasteiger partial charge in [-0.25, -0.2) is 4.98 Å². The van der Waals surface area contributed by atoms with E-state index in [4.69, 9.17) is 21.3 Å². The maximum atomic E-state index is 13.5. The summed E-state index contributed by atoms with van der Waals surface area (Å²) < 4.78 is 6.95. The molecule has 0 aliphatic carbocycles. The third-order valence-corrected chi connectivity index (χ3v) is 6.53. The lowest BCUT2D eigenvalue weighted by atomic mass is 10.1. The molecule has 1 atom stereocenters. The molecular formula is C23H22ClN3O3S. The van der Waals surface area contributed by atoms with E-state index in [2.05, 4.69) is 6.58 Å². The quantitative estimate of drug-likeness (QED) is 0.320. The molecular weight excluding hydrogens is 434 g/mol. The van der Waals surface area contributed by atoms with Gasteiger partial charge in [0.1, 0.15) is 5.25 Å². The van der Waals surface area contributed by atoms with Gasteiger partial charge in [-0.2, -0.15) is 0 Å². The number of carbonyl (C=O) groups excluding carboxylic acids is 1. The van der Waals surface area contributed by atoms with Crippen molar-refractivity contribution in [2.24, 2.45) is 0 Å². The van der Waals surface area contributed by atoms with Gasteiger partial charge in [-0.3, -0.25) is 14.2 Å². The monoisotopic (exact) mass is 455 g/mol. The summed E-state index contributed by atoms with van der Waals surface area (Å²) in [5.41, 5.74) is 1.18. The van der Waals surface area contributed by atoms with Crippen LogP contribution in [-0.2, 0) is 16.1 Å². The maximum absolute atomic E-state index is 13.5. The van der Waals surface area contributed by atoms with E-state index < -0.39 is 5.25 Å². The number of fused-ring (bicyclic) bond motifs is 1. The van der Waals surface area contributed by atoms with Crippen molar-refractivity contribution in [2.45, 2.75) is 17.0 Å². The van der Waals surface area contributed by atoms with E-state index in [1.54, 1.807) is 28.8 Å². The average molecular weight is 456 g/mol. The second-order valence-electron chi connectivity index (χ2n) is 7.11. The summed E-state index contributed by atoms with van der Waals surface area (Å²) in [4.78, 5) is 33.1. The first kappa shape index (κ1) is 21.6. The highest BCUT2D eigenvalue weighted by atomic mass is 35.5. The number of allylic oxidation sites excluding steroid dienone is 1. The highest BCUT2D eigenvalue weighted by molar-refractivity contribution is 8.00. The van der Waals surface area contributed by atoms with Crippen LogP contribution in [0.2, 0.25) is 5.02 Å². The number of aromatic nitrogens is 2. The van der Waals surface area contributed by atoms with Crippen LogP contribution in [0.3, 0.4) is 0 Å². The number of nitrogens with zero attached hydrogens (tertiary/aromatic N) is 3. The van der Waals surface area contributed by atoms with Gasteiger partial charge in [-0.15, -0.1) is 6.58 Å². The molecule has 1 fully saturated rings. The Morgan fingerprint density at radius 2 is 1.97 bits per heavy atom. The molecule has 1 amide bonds. The fourth-order valence-corrected chi connectivity index (χ4v) is 4.85. The van der Waals surface area contributed by atoms with Crippen LogP contribution >= 0.6 is 23.4 Å². The summed E-state index contributed by atoms with van der Waals surface area (Å²) in [7, 11) is 0. The number of hydrogen-bond donors (Lipinski definition) is 0. The molecule has 0 radical (unpaired) electrons. The lowest BCUT2D eigenvalue weighted by Gasteiger charge is -2.30. The second-order valence-corrected chi connectivity index (χ2v) is 8.62. The van der Waals surface area contributed by atoms with Crippen LogP contribution in [0.4, 0.5) is 0 Å². The highest BCUT2D eigenvalue weighted by Gasteiger charge is 2.30. The van der Waals surface area contributed by atoms with E-state index in [1.807, 2.05) is 35.2 Å². The lowest BCUT2D eigenvalue weighted by molar-refractivity contribution is -0.134. The Labute approximate surface area is 189 Å². The van der Waals surface area contributed by atoms with E-state index in [-0.39, 0.29) is 11.5 Å². The summed E-state index contributed by atoms with van der Waals surface area (Å²) in [5.74, 6) is -0.0231. The minimum absolute atomic E-state index is 0.0231.